The molecule has 0 radical (unpaired) electrons. The van der Waals surface area contributed by atoms with Crippen LogP contribution in [0.2, 0.25) is 0 Å². The van der Waals surface area contributed by atoms with Crippen LogP contribution >= 0.6 is 11.3 Å². The molecule has 1 aliphatic heterocycles. The lowest BCUT2D eigenvalue weighted by atomic mass is 10.1. The summed E-state index contributed by atoms with van der Waals surface area (Å²) >= 11 is 1.54. The number of hydrogen-bond acceptors (Lipinski definition) is 4. The van der Waals surface area contributed by atoms with E-state index in [1.807, 2.05) is 0 Å². The zero-order chi connectivity index (χ0) is 14.8. The highest BCUT2D eigenvalue weighted by Crippen LogP contribution is 2.29. The van der Waals surface area contributed by atoms with Crippen LogP contribution in [0.5, 0.6) is 0 Å². The lowest BCUT2D eigenvalue weighted by molar-refractivity contribution is -0.116. The SMILES string of the molecule is Cc1cc(C)c2nc(NC(=O)CCC3CCCO3)sc2c1. The van der Waals surface area contributed by atoms with Gasteiger partial charge in [0, 0.05) is 13.0 Å². The molecular weight excluding hydrogens is 284 g/mol. The second-order valence-electron chi connectivity index (χ2n) is 5.67. The fraction of sp³-hybridized carbons (Fsp3) is 0.500. The maximum absolute atomic E-state index is 12.0. The molecule has 0 bridgehead atoms. The quantitative estimate of drug-likeness (QED) is 0.934. The molecule has 2 heterocycles. The Morgan fingerprint density at radius 3 is 3.10 bits per heavy atom. The topological polar surface area (TPSA) is 51.2 Å². The van der Waals surface area contributed by atoms with E-state index in [4.69, 9.17) is 4.74 Å². The summed E-state index contributed by atoms with van der Waals surface area (Å²) in [5.74, 6) is 0.0268. The Bertz CT molecular complexity index is 660. The molecule has 1 fully saturated rings. The van der Waals surface area contributed by atoms with Gasteiger partial charge in [-0.3, -0.25) is 4.79 Å². The summed E-state index contributed by atoms with van der Waals surface area (Å²) in [6.07, 6.45) is 3.75. The number of rotatable bonds is 4. The van der Waals surface area contributed by atoms with E-state index in [0.29, 0.717) is 11.6 Å². The van der Waals surface area contributed by atoms with E-state index in [1.165, 1.54) is 16.9 Å². The fourth-order valence-corrected chi connectivity index (χ4v) is 3.83. The van der Waals surface area contributed by atoms with E-state index in [-0.39, 0.29) is 12.0 Å². The lowest BCUT2D eigenvalue weighted by Crippen LogP contribution is -2.15. The summed E-state index contributed by atoms with van der Waals surface area (Å²) in [7, 11) is 0. The Labute approximate surface area is 128 Å². The van der Waals surface area contributed by atoms with E-state index < -0.39 is 0 Å². The zero-order valence-electron chi connectivity index (χ0n) is 12.4. The molecule has 4 nitrogen and oxygen atoms in total. The van der Waals surface area contributed by atoms with Crippen LogP contribution in [0, 0.1) is 13.8 Å². The average Bonchev–Trinajstić information content (AvgIpc) is 3.05. The number of carbonyl (C=O) groups excluding carboxylic acids is 1. The normalized spacial score (nSPS) is 18.3. The molecule has 1 aromatic carbocycles. The molecule has 3 rings (SSSR count). The molecule has 112 valence electrons. The molecular formula is C16H20N2O2S. The van der Waals surface area contributed by atoms with Gasteiger partial charge in [0.05, 0.1) is 16.3 Å². The van der Waals surface area contributed by atoms with Gasteiger partial charge in [-0.2, -0.15) is 0 Å². The van der Waals surface area contributed by atoms with Crippen LogP contribution in [0.25, 0.3) is 10.2 Å². The molecule has 1 aromatic heterocycles. The average molecular weight is 304 g/mol. The minimum absolute atomic E-state index is 0.0268. The molecule has 1 saturated heterocycles. The zero-order valence-corrected chi connectivity index (χ0v) is 13.3. The van der Waals surface area contributed by atoms with Gasteiger partial charge in [-0.25, -0.2) is 4.98 Å². The number of ether oxygens (including phenoxy) is 1. The maximum Gasteiger partial charge on any atom is 0.226 e. The van der Waals surface area contributed by atoms with Crippen molar-refractivity contribution in [2.45, 2.75) is 45.6 Å². The largest absolute Gasteiger partial charge is 0.378 e. The maximum atomic E-state index is 12.0. The summed E-state index contributed by atoms with van der Waals surface area (Å²) in [5, 5.41) is 3.61. The molecule has 1 unspecified atom stereocenters. The first-order chi connectivity index (χ1) is 10.1. The Morgan fingerprint density at radius 2 is 2.33 bits per heavy atom. The van der Waals surface area contributed by atoms with Crippen molar-refractivity contribution in [3.05, 3.63) is 23.3 Å². The Hall–Kier alpha value is -1.46. The number of amides is 1. The first-order valence-corrected chi connectivity index (χ1v) is 8.23. The molecule has 1 atom stereocenters. The van der Waals surface area contributed by atoms with Crippen molar-refractivity contribution < 1.29 is 9.53 Å². The summed E-state index contributed by atoms with van der Waals surface area (Å²) in [6.45, 7) is 4.97. The molecule has 0 saturated carbocycles. The second-order valence-corrected chi connectivity index (χ2v) is 6.70. The predicted molar refractivity (Wildman–Crippen MR) is 85.9 cm³/mol. The van der Waals surface area contributed by atoms with E-state index in [9.17, 15) is 4.79 Å². The highest BCUT2D eigenvalue weighted by Gasteiger charge is 2.17. The minimum Gasteiger partial charge on any atom is -0.378 e. The molecule has 5 heteroatoms. The van der Waals surface area contributed by atoms with Crippen LogP contribution < -0.4 is 5.32 Å². The number of benzene rings is 1. The Morgan fingerprint density at radius 1 is 1.48 bits per heavy atom. The molecule has 1 N–H and O–H groups in total. The number of anilines is 1. The number of fused-ring (bicyclic) bond motifs is 1. The van der Waals surface area contributed by atoms with Gasteiger partial charge in [-0.1, -0.05) is 17.4 Å². The third-order valence-electron chi connectivity index (χ3n) is 3.79. The third kappa shape index (κ3) is 3.41. The van der Waals surface area contributed by atoms with Gasteiger partial charge in [0.15, 0.2) is 5.13 Å². The number of hydrogen-bond donors (Lipinski definition) is 1. The Balaban J connectivity index is 1.64. The summed E-state index contributed by atoms with van der Waals surface area (Å²) < 4.78 is 6.66. The number of aryl methyl sites for hydroxylation is 2. The van der Waals surface area contributed by atoms with Gasteiger partial charge in [0.25, 0.3) is 0 Å². The number of nitrogens with zero attached hydrogens (tertiary/aromatic N) is 1. The highest BCUT2D eigenvalue weighted by atomic mass is 32.1. The van der Waals surface area contributed by atoms with Crippen molar-refractivity contribution in [3.63, 3.8) is 0 Å². The van der Waals surface area contributed by atoms with Crippen molar-refractivity contribution in [1.29, 1.82) is 0 Å². The summed E-state index contributed by atoms with van der Waals surface area (Å²) in [4.78, 5) is 16.5. The van der Waals surface area contributed by atoms with E-state index in [2.05, 4.69) is 36.3 Å². The van der Waals surface area contributed by atoms with E-state index >= 15 is 0 Å². The fourth-order valence-electron chi connectivity index (χ4n) is 2.77. The van der Waals surface area contributed by atoms with Crippen molar-refractivity contribution >= 4 is 32.6 Å². The van der Waals surface area contributed by atoms with Gasteiger partial charge in [0.1, 0.15) is 0 Å². The van der Waals surface area contributed by atoms with Crippen molar-refractivity contribution in [3.8, 4) is 0 Å². The monoisotopic (exact) mass is 304 g/mol. The van der Waals surface area contributed by atoms with Gasteiger partial charge in [-0.15, -0.1) is 0 Å². The van der Waals surface area contributed by atoms with Crippen LogP contribution in [-0.2, 0) is 9.53 Å². The van der Waals surface area contributed by atoms with E-state index in [0.717, 1.165) is 41.6 Å². The van der Waals surface area contributed by atoms with Crippen LogP contribution in [0.3, 0.4) is 0 Å². The number of carbonyl (C=O) groups is 1. The summed E-state index contributed by atoms with van der Waals surface area (Å²) in [6, 6.07) is 4.23. The molecule has 2 aromatic rings. The number of thiazole rings is 1. The smallest absolute Gasteiger partial charge is 0.226 e. The number of nitrogens with one attached hydrogen (secondary N) is 1. The van der Waals surface area contributed by atoms with Gasteiger partial charge in [0.2, 0.25) is 5.91 Å². The van der Waals surface area contributed by atoms with Crippen LogP contribution in [0.4, 0.5) is 5.13 Å². The summed E-state index contributed by atoms with van der Waals surface area (Å²) in [5.41, 5.74) is 3.36. The van der Waals surface area contributed by atoms with Crippen LogP contribution in [-0.4, -0.2) is 23.6 Å². The minimum atomic E-state index is 0.0268. The van der Waals surface area contributed by atoms with Gasteiger partial charge in [-0.05, 0) is 50.3 Å². The second kappa shape index (κ2) is 6.12. The molecule has 0 spiro atoms. The molecule has 21 heavy (non-hydrogen) atoms. The standard InChI is InChI=1S/C16H20N2O2S/c1-10-8-11(2)15-13(9-10)21-16(18-15)17-14(19)6-5-12-4-3-7-20-12/h8-9,12H,3-7H2,1-2H3,(H,17,18,19). The lowest BCUT2D eigenvalue weighted by Gasteiger charge is -2.07. The van der Waals surface area contributed by atoms with Crippen molar-refractivity contribution in [1.82, 2.24) is 4.98 Å². The third-order valence-corrected chi connectivity index (χ3v) is 4.71. The first-order valence-electron chi connectivity index (χ1n) is 7.41. The van der Waals surface area contributed by atoms with Crippen molar-refractivity contribution in [2.24, 2.45) is 0 Å². The Kier molecular flexibility index (Phi) is 4.22. The van der Waals surface area contributed by atoms with Gasteiger partial charge >= 0.3 is 0 Å². The van der Waals surface area contributed by atoms with E-state index in [1.54, 1.807) is 0 Å². The predicted octanol–water partition coefficient (Wildman–Crippen LogP) is 3.81. The molecule has 1 aliphatic rings. The first kappa shape index (κ1) is 14.5. The molecule has 1 amide bonds. The highest BCUT2D eigenvalue weighted by molar-refractivity contribution is 7.22. The number of aromatic nitrogens is 1. The van der Waals surface area contributed by atoms with Crippen LogP contribution in [0.1, 0.15) is 36.8 Å². The van der Waals surface area contributed by atoms with Gasteiger partial charge < -0.3 is 10.1 Å². The van der Waals surface area contributed by atoms with Crippen LogP contribution in [0.15, 0.2) is 12.1 Å². The van der Waals surface area contributed by atoms with Crippen molar-refractivity contribution in [2.75, 3.05) is 11.9 Å². The molecule has 0 aliphatic carbocycles.